The normalized spacial score (nSPS) is 11.2. The number of hydrogen-bond donors (Lipinski definition) is 0. The quantitative estimate of drug-likeness (QED) is 0.456. The lowest BCUT2D eigenvalue weighted by Gasteiger charge is -2.10. The second-order valence-electron chi connectivity index (χ2n) is 3.50. The molecule has 1 aromatic rings. The Hall–Kier alpha value is -2.62. The molecule has 100 valence electrons. The first-order valence-corrected chi connectivity index (χ1v) is 5.43. The smallest absolute Gasteiger partial charge is 0.328 e. The minimum atomic E-state index is -1.33. The number of ether oxygens (including phenoxy) is 2. The van der Waals surface area contributed by atoms with Crippen LogP contribution in [0.3, 0.4) is 0 Å². The highest BCUT2D eigenvalue weighted by molar-refractivity contribution is 5.83. The maximum atomic E-state index is 11.6. The molecule has 0 aliphatic carbocycles. The first-order valence-electron chi connectivity index (χ1n) is 5.43. The number of hydrogen-bond acceptors (Lipinski definition) is 6. The first kappa shape index (κ1) is 14.4. The van der Waals surface area contributed by atoms with Gasteiger partial charge in [-0.1, -0.05) is 0 Å². The van der Waals surface area contributed by atoms with Gasteiger partial charge < -0.3 is 9.47 Å². The zero-order chi connectivity index (χ0) is 14.4. The Balaban J connectivity index is 3.28. The van der Waals surface area contributed by atoms with Gasteiger partial charge in [-0.05, 0) is 19.1 Å². The van der Waals surface area contributed by atoms with Gasteiger partial charge in [0.15, 0.2) is 5.92 Å². The van der Waals surface area contributed by atoms with Crippen LogP contribution in [-0.4, -0.2) is 24.6 Å². The molecule has 0 bridgehead atoms. The van der Waals surface area contributed by atoms with E-state index in [0.29, 0.717) is 0 Å². The maximum absolute atomic E-state index is 11.6. The van der Waals surface area contributed by atoms with Crippen LogP contribution in [0.2, 0.25) is 0 Å². The minimum absolute atomic E-state index is 0.00764. The fourth-order valence-corrected chi connectivity index (χ4v) is 1.53. The fraction of sp³-hybridized carbons (Fsp3) is 0.333. The van der Waals surface area contributed by atoms with Crippen molar-refractivity contribution in [3.05, 3.63) is 33.9 Å². The van der Waals surface area contributed by atoms with E-state index in [9.17, 15) is 14.9 Å². The fourth-order valence-electron chi connectivity index (χ4n) is 1.53. The van der Waals surface area contributed by atoms with Crippen LogP contribution in [0.15, 0.2) is 18.2 Å². The van der Waals surface area contributed by atoms with Crippen molar-refractivity contribution in [3.63, 3.8) is 0 Å². The van der Waals surface area contributed by atoms with Crippen molar-refractivity contribution >= 4 is 11.7 Å². The van der Waals surface area contributed by atoms with Crippen LogP contribution in [-0.2, 0) is 9.53 Å². The summed E-state index contributed by atoms with van der Waals surface area (Å²) in [6.45, 7) is 1.69. The third-order valence-electron chi connectivity index (χ3n) is 2.40. The zero-order valence-corrected chi connectivity index (χ0v) is 10.5. The number of rotatable bonds is 5. The van der Waals surface area contributed by atoms with E-state index in [2.05, 4.69) is 0 Å². The molecule has 1 unspecified atom stereocenters. The van der Waals surface area contributed by atoms with Gasteiger partial charge in [-0.2, -0.15) is 5.26 Å². The van der Waals surface area contributed by atoms with Crippen LogP contribution in [0.25, 0.3) is 0 Å². The molecule has 0 N–H and O–H groups in total. The first-order chi connectivity index (χ1) is 9.04. The maximum Gasteiger partial charge on any atom is 0.328 e. The summed E-state index contributed by atoms with van der Waals surface area (Å²) in [5, 5.41) is 20.0. The molecule has 0 aromatic heterocycles. The number of benzene rings is 1. The molecule has 0 aliphatic rings. The number of carbonyl (C=O) groups is 1. The standard InChI is InChI=1S/C12H12N2O5/c1-3-19-12(15)10(7-13)9-5-4-8(18-2)6-11(9)14(16)17/h4-6,10H,3H2,1-2H3. The van der Waals surface area contributed by atoms with Gasteiger partial charge >= 0.3 is 5.97 Å². The highest BCUT2D eigenvalue weighted by Crippen LogP contribution is 2.30. The summed E-state index contributed by atoms with van der Waals surface area (Å²) in [6.07, 6.45) is 0. The molecule has 0 saturated heterocycles. The van der Waals surface area contributed by atoms with E-state index in [1.54, 1.807) is 13.0 Å². The van der Waals surface area contributed by atoms with E-state index >= 15 is 0 Å². The second-order valence-corrected chi connectivity index (χ2v) is 3.50. The van der Waals surface area contributed by atoms with Crippen molar-refractivity contribution in [3.8, 4) is 11.8 Å². The van der Waals surface area contributed by atoms with Crippen molar-refractivity contribution in [2.75, 3.05) is 13.7 Å². The van der Waals surface area contributed by atoms with Gasteiger partial charge in [0.2, 0.25) is 0 Å². The van der Waals surface area contributed by atoms with Crippen LogP contribution in [0.5, 0.6) is 5.75 Å². The van der Waals surface area contributed by atoms with Gasteiger partial charge in [-0.25, -0.2) is 0 Å². The molecule has 19 heavy (non-hydrogen) atoms. The number of nitro groups is 1. The summed E-state index contributed by atoms with van der Waals surface area (Å²) in [4.78, 5) is 21.9. The number of nitrogens with zero attached hydrogens (tertiary/aromatic N) is 2. The van der Waals surface area contributed by atoms with Crippen molar-refractivity contribution in [2.24, 2.45) is 0 Å². The second kappa shape index (κ2) is 6.35. The molecule has 1 aromatic carbocycles. The topological polar surface area (TPSA) is 102 Å². The highest BCUT2D eigenvalue weighted by atomic mass is 16.6. The number of nitro benzene ring substituents is 1. The van der Waals surface area contributed by atoms with Crippen LogP contribution in [0.1, 0.15) is 18.4 Å². The van der Waals surface area contributed by atoms with Crippen molar-refractivity contribution in [1.29, 1.82) is 5.26 Å². The molecular weight excluding hydrogens is 252 g/mol. The van der Waals surface area contributed by atoms with Gasteiger partial charge in [0.1, 0.15) is 5.75 Å². The Morgan fingerprint density at radius 1 is 1.58 bits per heavy atom. The van der Waals surface area contributed by atoms with E-state index < -0.39 is 16.8 Å². The summed E-state index contributed by atoms with van der Waals surface area (Å²) in [5.41, 5.74) is -0.356. The predicted octanol–water partition coefficient (Wildman–Crippen LogP) is 1.77. The minimum Gasteiger partial charge on any atom is -0.497 e. The molecule has 0 fully saturated rings. The summed E-state index contributed by atoms with van der Waals surface area (Å²) in [7, 11) is 1.37. The van der Waals surface area contributed by atoms with Gasteiger partial charge in [0, 0.05) is 0 Å². The molecule has 0 aliphatic heterocycles. The summed E-state index contributed by atoms with van der Waals surface area (Å²) in [5.74, 6) is -1.86. The van der Waals surface area contributed by atoms with E-state index in [1.165, 1.54) is 25.3 Å². The lowest BCUT2D eigenvalue weighted by molar-refractivity contribution is -0.385. The summed E-state index contributed by atoms with van der Waals surface area (Å²) in [6, 6.07) is 5.65. The SMILES string of the molecule is CCOC(=O)C(C#N)c1ccc(OC)cc1[N+](=O)[O-]. The van der Waals surface area contributed by atoms with Crippen LogP contribution < -0.4 is 4.74 Å². The average Bonchev–Trinajstić information content (AvgIpc) is 2.40. The molecule has 0 saturated carbocycles. The Morgan fingerprint density at radius 2 is 2.26 bits per heavy atom. The van der Waals surface area contributed by atoms with Gasteiger partial charge in [-0.3, -0.25) is 14.9 Å². The van der Waals surface area contributed by atoms with E-state index in [4.69, 9.17) is 14.7 Å². The lowest BCUT2D eigenvalue weighted by atomic mass is 9.98. The Bertz CT molecular complexity index is 535. The van der Waals surface area contributed by atoms with E-state index in [-0.39, 0.29) is 23.6 Å². The van der Waals surface area contributed by atoms with E-state index in [1.807, 2.05) is 0 Å². The number of nitriles is 1. The summed E-state index contributed by atoms with van der Waals surface area (Å²) < 4.78 is 9.60. The van der Waals surface area contributed by atoms with Crippen LogP contribution >= 0.6 is 0 Å². The molecular formula is C12H12N2O5. The van der Waals surface area contributed by atoms with Crippen LogP contribution in [0, 0.1) is 21.4 Å². The monoisotopic (exact) mass is 264 g/mol. The van der Waals surface area contributed by atoms with Crippen LogP contribution in [0.4, 0.5) is 5.69 Å². The van der Waals surface area contributed by atoms with E-state index in [0.717, 1.165) is 0 Å². The molecule has 7 heteroatoms. The third kappa shape index (κ3) is 3.19. The van der Waals surface area contributed by atoms with Crippen molar-refractivity contribution < 1.29 is 19.2 Å². The molecule has 7 nitrogen and oxygen atoms in total. The molecule has 0 radical (unpaired) electrons. The lowest BCUT2D eigenvalue weighted by Crippen LogP contribution is -2.15. The number of carbonyl (C=O) groups excluding carboxylic acids is 1. The molecule has 0 heterocycles. The zero-order valence-electron chi connectivity index (χ0n) is 10.5. The van der Waals surface area contributed by atoms with Gasteiger partial charge in [0.25, 0.3) is 5.69 Å². The van der Waals surface area contributed by atoms with Gasteiger partial charge in [0.05, 0.1) is 36.3 Å². The molecule has 1 atom stereocenters. The average molecular weight is 264 g/mol. The van der Waals surface area contributed by atoms with Crippen molar-refractivity contribution in [2.45, 2.75) is 12.8 Å². The Morgan fingerprint density at radius 3 is 2.74 bits per heavy atom. The largest absolute Gasteiger partial charge is 0.497 e. The third-order valence-corrected chi connectivity index (χ3v) is 2.40. The van der Waals surface area contributed by atoms with Crippen molar-refractivity contribution in [1.82, 2.24) is 0 Å². The molecule has 0 amide bonds. The molecule has 0 spiro atoms. The predicted molar refractivity (Wildman–Crippen MR) is 64.6 cm³/mol. The highest BCUT2D eigenvalue weighted by Gasteiger charge is 2.29. The number of methoxy groups -OCH3 is 1. The Labute approximate surface area is 109 Å². The van der Waals surface area contributed by atoms with Gasteiger partial charge in [-0.15, -0.1) is 0 Å². The Kier molecular flexibility index (Phi) is 4.83. The molecule has 1 rings (SSSR count). The number of esters is 1. The summed E-state index contributed by atoms with van der Waals surface area (Å²) >= 11 is 0.